The summed E-state index contributed by atoms with van der Waals surface area (Å²) in [6.45, 7) is 5.33. The number of benzene rings is 2. The average molecular weight is 633 g/mol. The van der Waals surface area contributed by atoms with E-state index in [2.05, 4.69) is 15.6 Å². The molecule has 1 aromatic heterocycles. The molecule has 3 aromatic rings. The van der Waals surface area contributed by atoms with Crippen LogP contribution in [0.25, 0.3) is 0 Å². The zero-order chi connectivity index (χ0) is 31.6. The van der Waals surface area contributed by atoms with Gasteiger partial charge in [0.1, 0.15) is 10.6 Å². The highest BCUT2D eigenvalue weighted by atomic mass is 32.2. The first-order valence-corrected chi connectivity index (χ1v) is 15.7. The molecular formula is C29H36N4O8S2. The van der Waals surface area contributed by atoms with Crippen LogP contribution < -0.4 is 15.4 Å². The van der Waals surface area contributed by atoms with E-state index in [4.69, 9.17) is 14.0 Å². The predicted octanol–water partition coefficient (Wildman–Crippen LogP) is 3.86. The third-order valence-corrected chi connectivity index (χ3v) is 7.45. The quantitative estimate of drug-likeness (QED) is 0.161. The minimum atomic E-state index is -4.41. The summed E-state index contributed by atoms with van der Waals surface area (Å²) in [7, 11) is -3.10. The fraction of sp³-hybridized carbons (Fsp3) is 0.379. The molecule has 0 aliphatic carbocycles. The van der Waals surface area contributed by atoms with Crippen LogP contribution in [0.3, 0.4) is 0 Å². The number of carbonyl (C=O) groups is 3. The van der Waals surface area contributed by atoms with Crippen molar-refractivity contribution in [3.05, 3.63) is 81.8 Å². The number of alkyl carbamates (subject to hydrolysis) is 1. The van der Waals surface area contributed by atoms with Crippen molar-refractivity contribution in [1.82, 2.24) is 15.6 Å². The van der Waals surface area contributed by atoms with Gasteiger partial charge < -0.3 is 20.1 Å². The van der Waals surface area contributed by atoms with E-state index < -0.39 is 39.9 Å². The Morgan fingerprint density at radius 1 is 1.00 bits per heavy atom. The third kappa shape index (κ3) is 12.0. The van der Waals surface area contributed by atoms with Crippen molar-refractivity contribution in [2.45, 2.75) is 51.7 Å². The standard InChI is InChI=1S/C29H36N4O8S2/c1-29(2,3)41-28(36)32-24(15-20-10-12-22(13-11-20)33-43(37,38)39)26-31-23(18-42-26)16-25(34)30-17-21(27(35)40-4)14-19-8-6-5-7-9-19/h5-13,18,21,24,33H,14-17H2,1-4H3,(H,30,34)(H,32,36)(H,37,38,39)/t21?,24-/m0/s1. The number of nitrogens with one attached hydrogen (secondary N) is 3. The van der Waals surface area contributed by atoms with E-state index in [-0.39, 0.29) is 31.0 Å². The minimum Gasteiger partial charge on any atom is -0.469 e. The van der Waals surface area contributed by atoms with Crippen LogP contribution in [0.1, 0.15) is 48.6 Å². The highest BCUT2D eigenvalue weighted by molar-refractivity contribution is 7.87. The normalized spacial score (nSPS) is 13.0. The Morgan fingerprint density at radius 2 is 1.65 bits per heavy atom. The Morgan fingerprint density at radius 3 is 2.26 bits per heavy atom. The van der Waals surface area contributed by atoms with E-state index in [1.165, 1.54) is 30.6 Å². The van der Waals surface area contributed by atoms with Crippen molar-refractivity contribution >= 4 is 45.3 Å². The SMILES string of the molecule is COC(=O)C(CNC(=O)Cc1csc([C@H](Cc2ccc(NS(=O)(=O)O)cc2)NC(=O)OC(C)(C)C)n1)Cc1ccccc1. The lowest BCUT2D eigenvalue weighted by Crippen LogP contribution is -2.36. The number of amides is 2. The van der Waals surface area contributed by atoms with E-state index in [1.807, 2.05) is 35.1 Å². The predicted molar refractivity (Wildman–Crippen MR) is 162 cm³/mol. The molecule has 2 aromatic carbocycles. The summed E-state index contributed by atoms with van der Waals surface area (Å²) in [5.74, 6) is -1.29. The maximum Gasteiger partial charge on any atom is 0.408 e. The molecular weight excluding hydrogens is 596 g/mol. The molecule has 0 radical (unpaired) electrons. The smallest absolute Gasteiger partial charge is 0.408 e. The summed E-state index contributed by atoms with van der Waals surface area (Å²) in [6, 6.07) is 15.1. The third-order valence-electron chi connectivity index (χ3n) is 5.95. The second kappa shape index (κ2) is 14.9. The summed E-state index contributed by atoms with van der Waals surface area (Å²) in [5.41, 5.74) is 1.61. The Labute approximate surface area is 255 Å². The molecule has 232 valence electrons. The molecule has 0 bridgehead atoms. The largest absolute Gasteiger partial charge is 0.469 e. The molecule has 12 nitrogen and oxygen atoms in total. The molecule has 1 heterocycles. The number of aromatic nitrogens is 1. The van der Waals surface area contributed by atoms with Gasteiger partial charge in [-0.05, 0) is 56.9 Å². The molecule has 43 heavy (non-hydrogen) atoms. The van der Waals surface area contributed by atoms with Crippen LogP contribution in [0, 0.1) is 5.92 Å². The lowest BCUT2D eigenvalue weighted by Gasteiger charge is -2.23. The molecule has 0 saturated carbocycles. The number of methoxy groups -OCH3 is 1. The van der Waals surface area contributed by atoms with Crippen molar-refractivity contribution in [1.29, 1.82) is 0 Å². The van der Waals surface area contributed by atoms with Crippen LogP contribution in [0.15, 0.2) is 60.0 Å². The molecule has 0 fully saturated rings. The topological polar surface area (TPSA) is 173 Å². The van der Waals surface area contributed by atoms with Gasteiger partial charge in [0.2, 0.25) is 5.91 Å². The Balaban J connectivity index is 1.68. The van der Waals surface area contributed by atoms with Gasteiger partial charge in [0.15, 0.2) is 0 Å². The Bertz CT molecular complexity index is 1490. The highest BCUT2D eigenvalue weighted by Gasteiger charge is 2.24. The first kappa shape index (κ1) is 33.5. The molecule has 0 saturated heterocycles. The van der Waals surface area contributed by atoms with Gasteiger partial charge in [0, 0.05) is 11.9 Å². The number of hydrogen-bond donors (Lipinski definition) is 4. The van der Waals surface area contributed by atoms with Crippen LogP contribution in [-0.2, 0) is 48.6 Å². The average Bonchev–Trinajstić information content (AvgIpc) is 3.38. The summed E-state index contributed by atoms with van der Waals surface area (Å²) in [4.78, 5) is 42.3. The molecule has 0 aliphatic heterocycles. The van der Waals surface area contributed by atoms with Gasteiger partial charge in [0.25, 0.3) is 0 Å². The molecule has 2 amide bonds. The van der Waals surface area contributed by atoms with Gasteiger partial charge in [-0.25, -0.2) is 9.78 Å². The molecule has 0 aliphatic rings. The van der Waals surface area contributed by atoms with Crippen LogP contribution in [0.2, 0.25) is 0 Å². The van der Waals surface area contributed by atoms with Gasteiger partial charge in [-0.15, -0.1) is 11.3 Å². The summed E-state index contributed by atoms with van der Waals surface area (Å²) in [5, 5.41) is 7.87. The molecule has 4 N–H and O–H groups in total. The second-order valence-corrected chi connectivity index (χ2v) is 12.8. The van der Waals surface area contributed by atoms with Crippen molar-refractivity contribution < 1.29 is 36.8 Å². The van der Waals surface area contributed by atoms with Gasteiger partial charge in [-0.1, -0.05) is 42.5 Å². The van der Waals surface area contributed by atoms with Crippen molar-refractivity contribution in [3.63, 3.8) is 0 Å². The zero-order valence-electron chi connectivity index (χ0n) is 24.3. The molecule has 14 heteroatoms. The first-order valence-electron chi connectivity index (χ1n) is 13.4. The maximum absolute atomic E-state index is 12.8. The fourth-order valence-corrected chi connectivity index (χ4v) is 5.38. The van der Waals surface area contributed by atoms with E-state index in [0.717, 1.165) is 11.1 Å². The van der Waals surface area contributed by atoms with Crippen molar-refractivity contribution in [2.24, 2.45) is 5.92 Å². The van der Waals surface area contributed by atoms with E-state index >= 15 is 0 Å². The zero-order valence-corrected chi connectivity index (χ0v) is 26.0. The lowest BCUT2D eigenvalue weighted by molar-refractivity contribution is -0.145. The summed E-state index contributed by atoms with van der Waals surface area (Å²) < 4.78 is 43.5. The molecule has 0 spiro atoms. The van der Waals surface area contributed by atoms with E-state index in [0.29, 0.717) is 17.1 Å². The summed E-state index contributed by atoms with van der Waals surface area (Å²) in [6.07, 6.45) is 0.0128. The minimum absolute atomic E-state index is 0.0368. The molecule has 3 rings (SSSR count). The highest BCUT2D eigenvalue weighted by Crippen LogP contribution is 2.24. The maximum atomic E-state index is 12.8. The van der Waals surface area contributed by atoms with E-state index in [1.54, 1.807) is 38.3 Å². The van der Waals surface area contributed by atoms with Gasteiger partial charge in [0.05, 0.1) is 36.9 Å². The number of thiazole rings is 1. The van der Waals surface area contributed by atoms with Crippen molar-refractivity contribution in [3.8, 4) is 0 Å². The summed E-state index contributed by atoms with van der Waals surface area (Å²) >= 11 is 1.26. The fourth-order valence-electron chi connectivity index (χ4n) is 4.08. The van der Waals surface area contributed by atoms with Gasteiger partial charge in [-0.3, -0.25) is 18.9 Å². The number of hydrogen-bond acceptors (Lipinski definition) is 9. The first-order chi connectivity index (χ1) is 20.2. The van der Waals surface area contributed by atoms with Crippen molar-refractivity contribution in [2.75, 3.05) is 18.4 Å². The van der Waals surface area contributed by atoms with Gasteiger partial charge >= 0.3 is 22.4 Å². The van der Waals surface area contributed by atoms with Crippen LogP contribution in [0.4, 0.5) is 10.5 Å². The Hall–Kier alpha value is -4.01. The number of anilines is 1. The van der Waals surface area contributed by atoms with Crippen LogP contribution >= 0.6 is 11.3 Å². The van der Waals surface area contributed by atoms with Gasteiger partial charge in [-0.2, -0.15) is 8.42 Å². The lowest BCUT2D eigenvalue weighted by atomic mass is 9.99. The number of rotatable bonds is 13. The number of nitrogens with zero attached hydrogens (tertiary/aromatic N) is 1. The molecule has 2 atom stereocenters. The number of carbonyl (C=O) groups excluding carboxylic acids is 3. The van der Waals surface area contributed by atoms with Crippen LogP contribution in [-0.4, -0.2) is 55.2 Å². The van der Waals surface area contributed by atoms with Crippen LogP contribution in [0.5, 0.6) is 0 Å². The van der Waals surface area contributed by atoms with E-state index in [9.17, 15) is 22.8 Å². The number of esters is 1. The second-order valence-electron chi connectivity index (χ2n) is 10.7. The Kier molecular flexibility index (Phi) is 11.6. The molecule has 1 unspecified atom stereocenters. The number of ether oxygens (including phenoxy) is 2. The monoisotopic (exact) mass is 632 g/mol.